The molecule has 0 aromatic heterocycles. The summed E-state index contributed by atoms with van der Waals surface area (Å²) < 4.78 is 0. The van der Waals surface area contributed by atoms with Crippen LogP contribution in [0.2, 0.25) is 10.0 Å². The Hall–Kier alpha value is -1.55. The number of rotatable bonds is 5. The van der Waals surface area contributed by atoms with E-state index in [4.69, 9.17) is 23.2 Å². The third-order valence-corrected chi connectivity index (χ3v) is 3.51. The molecule has 0 radical (unpaired) electrons. The fourth-order valence-corrected chi connectivity index (χ4v) is 2.34. The molecule has 0 fully saturated rings. The van der Waals surface area contributed by atoms with Crippen LogP contribution in [0.15, 0.2) is 42.5 Å². The predicted octanol–water partition coefficient (Wildman–Crippen LogP) is 4.36. The number of carbonyl (C=O) groups is 1. The summed E-state index contributed by atoms with van der Waals surface area (Å²) in [5.74, 6) is -0.254. The molecule has 2 rings (SSSR count). The van der Waals surface area contributed by atoms with E-state index in [1.54, 1.807) is 18.2 Å². The van der Waals surface area contributed by atoms with Gasteiger partial charge in [0, 0.05) is 17.3 Å². The number of halogens is 2. The highest BCUT2D eigenvalue weighted by Gasteiger charge is 2.10. The van der Waals surface area contributed by atoms with Crippen molar-refractivity contribution in [2.24, 2.45) is 0 Å². The summed E-state index contributed by atoms with van der Waals surface area (Å²) in [6.07, 6.45) is 0. The van der Waals surface area contributed by atoms with Gasteiger partial charge in [-0.15, -0.1) is 0 Å². The zero-order valence-electron chi connectivity index (χ0n) is 11.6. The van der Waals surface area contributed by atoms with E-state index in [1.807, 2.05) is 24.3 Å². The average molecular weight is 323 g/mol. The van der Waals surface area contributed by atoms with Gasteiger partial charge in [0.1, 0.15) is 0 Å². The van der Waals surface area contributed by atoms with Crippen LogP contribution in [0.5, 0.6) is 0 Å². The largest absolute Gasteiger partial charge is 0.322 e. The Morgan fingerprint density at radius 1 is 1.10 bits per heavy atom. The molecular weight excluding hydrogens is 307 g/mol. The Bertz CT molecular complexity index is 627. The van der Waals surface area contributed by atoms with Crippen molar-refractivity contribution < 1.29 is 4.79 Å². The molecule has 0 atom stereocenters. The van der Waals surface area contributed by atoms with Crippen LogP contribution in [0, 0.1) is 0 Å². The SMILES string of the molecule is CCNCc1ccc(NC(=O)c2ccc(Cl)cc2Cl)cc1. The molecule has 3 nitrogen and oxygen atoms in total. The normalized spacial score (nSPS) is 10.4. The molecule has 2 aromatic carbocycles. The highest BCUT2D eigenvalue weighted by molar-refractivity contribution is 6.37. The summed E-state index contributed by atoms with van der Waals surface area (Å²) in [4.78, 5) is 12.2. The van der Waals surface area contributed by atoms with Crippen LogP contribution in [-0.4, -0.2) is 12.5 Å². The Morgan fingerprint density at radius 3 is 2.43 bits per heavy atom. The van der Waals surface area contributed by atoms with Crippen LogP contribution in [0.3, 0.4) is 0 Å². The lowest BCUT2D eigenvalue weighted by molar-refractivity contribution is 0.102. The van der Waals surface area contributed by atoms with Crippen LogP contribution in [0.4, 0.5) is 5.69 Å². The molecule has 0 heterocycles. The Kier molecular flexibility index (Phi) is 5.62. The summed E-state index contributed by atoms with van der Waals surface area (Å²) >= 11 is 11.8. The van der Waals surface area contributed by atoms with Crippen LogP contribution < -0.4 is 10.6 Å². The second-order valence-corrected chi connectivity index (χ2v) is 5.40. The third-order valence-electron chi connectivity index (χ3n) is 2.97. The minimum Gasteiger partial charge on any atom is -0.322 e. The monoisotopic (exact) mass is 322 g/mol. The van der Waals surface area contributed by atoms with Crippen LogP contribution in [0.25, 0.3) is 0 Å². The molecule has 0 unspecified atom stereocenters. The molecule has 1 amide bonds. The van der Waals surface area contributed by atoms with Crippen LogP contribution in [0.1, 0.15) is 22.8 Å². The number of benzene rings is 2. The summed E-state index contributed by atoms with van der Waals surface area (Å²) in [7, 11) is 0. The summed E-state index contributed by atoms with van der Waals surface area (Å²) in [6.45, 7) is 3.80. The van der Waals surface area contributed by atoms with Crippen LogP contribution >= 0.6 is 23.2 Å². The first-order valence-electron chi connectivity index (χ1n) is 6.66. The van der Waals surface area contributed by atoms with Gasteiger partial charge < -0.3 is 10.6 Å². The first kappa shape index (κ1) is 15.8. The quantitative estimate of drug-likeness (QED) is 0.858. The zero-order valence-corrected chi connectivity index (χ0v) is 13.1. The van der Waals surface area contributed by atoms with Gasteiger partial charge >= 0.3 is 0 Å². The van der Waals surface area contributed by atoms with E-state index in [2.05, 4.69) is 17.6 Å². The smallest absolute Gasteiger partial charge is 0.257 e. The van der Waals surface area contributed by atoms with Gasteiger partial charge in [-0.2, -0.15) is 0 Å². The van der Waals surface area contributed by atoms with Crippen molar-refractivity contribution in [1.82, 2.24) is 5.32 Å². The molecule has 2 aromatic rings. The van der Waals surface area contributed by atoms with Gasteiger partial charge in [0.25, 0.3) is 5.91 Å². The standard InChI is InChI=1S/C16H16Cl2N2O/c1-2-19-10-11-3-6-13(7-4-11)20-16(21)14-8-5-12(17)9-15(14)18/h3-9,19H,2,10H2,1H3,(H,20,21). The van der Waals surface area contributed by atoms with E-state index in [0.29, 0.717) is 15.6 Å². The van der Waals surface area contributed by atoms with Crippen molar-refractivity contribution in [3.8, 4) is 0 Å². The highest BCUT2D eigenvalue weighted by Crippen LogP contribution is 2.22. The van der Waals surface area contributed by atoms with Gasteiger partial charge in [0.2, 0.25) is 0 Å². The fourth-order valence-electron chi connectivity index (χ4n) is 1.85. The molecule has 0 saturated carbocycles. The maximum absolute atomic E-state index is 12.2. The number of hydrogen-bond acceptors (Lipinski definition) is 2. The Balaban J connectivity index is 2.05. The molecule has 0 aliphatic carbocycles. The van der Waals surface area contributed by atoms with Gasteiger partial charge in [0.05, 0.1) is 10.6 Å². The van der Waals surface area contributed by atoms with Crippen LogP contribution in [-0.2, 0) is 6.54 Å². The second-order valence-electron chi connectivity index (χ2n) is 4.56. The molecule has 5 heteroatoms. The fraction of sp³-hybridized carbons (Fsp3) is 0.188. The van der Waals surface area contributed by atoms with E-state index in [1.165, 1.54) is 5.56 Å². The zero-order chi connectivity index (χ0) is 15.2. The number of anilines is 1. The molecule has 2 N–H and O–H groups in total. The number of amides is 1. The molecule has 0 saturated heterocycles. The second kappa shape index (κ2) is 7.46. The highest BCUT2D eigenvalue weighted by atomic mass is 35.5. The van der Waals surface area contributed by atoms with Crippen molar-refractivity contribution in [3.05, 3.63) is 63.6 Å². The van der Waals surface area contributed by atoms with Crippen molar-refractivity contribution in [3.63, 3.8) is 0 Å². The maximum Gasteiger partial charge on any atom is 0.257 e. The minimum atomic E-state index is -0.254. The lowest BCUT2D eigenvalue weighted by atomic mass is 10.1. The predicted molar refractivity (Wildman–Crippen MR) is 88.2 cm³/mol. The summed E-state index contributed by atoms with van der Waals surface area (Å²) in [5.41, 5.74) is 2.29. The molecule has 110 valence electrons. The molecule has 21 heavy (non-hydrogen) atoms. The average Bonchev–Trinajstić information content (AvgIpc) is 2.46. The van der Waals surface area contributed by atoms with Gasteiger partial charge in [0.15, 0.2) is 0 Å². The van der Waals surface area contributed by atoms with E-state index in [9.17, 15) is 4.79 Å². The third kappa shape index (κ3) is 4.46. The molecule has 0 spiro atoms. The van der Waals surface area contributed by atoms with E-state index in [0.717, 1.165) is 18.8 Å². The number of hydrogen-bond donors (Lipinski definition) is 2. The molecular formula is C16H16Cl2N2O. The van der Waals surface area contributed by atoms with E-state index in [-0.39, 0.29) is 5.91 Å². The minimum absolute atomic E-state index is 0.254. The van der Waals surface area contributed by atoms with Gasteiger partial charge in [-0.05, 0) is 42.4 Å². The van der Waals surface area contributed by atoms with E-state index >= 15 is 0 Å². The Labute approximate surface area is 134 Å². The van der Waals surface area contributed by atoms with Gasteiger partial charge in [-0.1, -0.05) is 42.3 Å². The number of nitrogens with one attached hydrogen (secondary N) is 2. The Morgan fingerprint density at radius 2 is 1.81 bits per heavy atom. The van der Waals surface area contributed by atoms with Crippen molar-refractivity contribution in [1.29, 1.82) is 0 Å². The molecule has 0 bridgehead atoms. The van der Waals surface area contributed by atoms with Crippen molar-refractivity contribution in [2.45, 2.75) is 13.5 Å². The topological polar surface area (TPSA) is 41.1 Å². The molecule has 0 aliphatic heterocycles. The summed E-state index contributed by atoms with van der Waals surface area (Å²) in [5, 5.41) is 6.90. The van der Waals surface area contributed by atoms with E-state index < -0.39 is 0 Å². The van der Waals surface area contributed by atoms with Gasteiger partial charge in [-0.25, -0.2) is 0 Å². The first-order valence-corrected chi connectivity index (χ1v) is 7.42. The molecule has 0 aliphatic rings. The lowest BCUT2D eigenvalue weighted by Crippen LogP contribution is -2.13. The van der Waals surface area contributed by atoms with Crippen molar-refractivity contribution >= 4 is 34.8 Å². The number of carbonyl (C=O) groups excluding carboxylic acids is 1. The van der Waals surface area contributed by atoms with Gasteiger partial charge in [-0.3, -0.25) is 4.79 Å². The maximum atomic E-state index is 12.2. The first-order chi connectivity index (χ1) is 10.1. The lowest BCUT2D eigenvalue weighted by Gasteiger charge is -2.08. The summed E-state index contributed by atoms with van der Waals surface area (Å²) in [6, 6.07) is 12.5. The van der Waals surface area contributed by atoms with Crippen molar-refractivity contribution in [2.75, 3.05) is 11.9 Å².